The highest BCUT2D eigenvalue weighted by Crippen LogP contribution is 2.32. The standard InChI is InChI=1S/C17H20N2O.C16H19N3O.C10H7ClN2O.C6H13N/c1-13-5-6-14(10-13)11-15-7-8-16(12-18-15)19-9-3-2-4-17(19)20;17-13-5-4-12(9-13)10-14-6-7-15(11-18-14)19-8-2-1-3-16(19)20;11-9-5-4-8(7-12-9)13-6-2-1-3-10(13)14;1-5-2-3-6(7)4-5/h2-4,7-9,12-14H,5-6,10-11H2,1H3;1-3,6-8,11-13H,4-5,9-10,17H2;1-7H;5-6H,2-4,7H2,1H3/t13-,14-;12-,13-;;5-,6-/m00.0/s1. The summed E-state index contributed by atoms with van der Waals surface area (Å²) in [6.45, 7) is 4.60. The van der Waals surface area contributed by atoms with Crippen LogP contribution in [0, 0.1) is 23.7 Å². The summed E-state index contributed by atoms with van der Waals surface area (Å²) < 4.78 is 4.72. The molecule has 3 aliphatic carbocycles. The van der Waals surface area contributed by atoms with E-state index in [4.69, 9.17) is 23.1 Å². The number of halogens is 1. The van der Waals surface area contributed by atoms with E-state index in [-0.39, 0.29) is 16.7 Å². The minimum atomic E-state index is -0.0865. The first-order valence-electron chi connectivity index (χ1n) is 21.6. The minimum Gasteiger partial charge on any atom is -0.328 e. The van der Waals surface area contributed by atoms with Crippen molar-refractivity contribution in [1.29, 1.82) is 0 Å². The lowest BCUT2D eigenvalue weighted by Crippen LogP contribution is -2.16. The number of pyridine rings is 6. The largest absolute Gasteiger partial charge is 0.328 e. The van der Waals surface area contributed by atoms with Crippen molar-refractivity contribution < 1.29 is 0 Å². The van der Waals surface area contributed by atoms with Crippen LogP contribution in [0.2, 0.25) is 5.15 Å². The molecule has 0 aromatic carbocycles. The minimum absolute atomic E-state index is 0.0216. The molecule has 0 unspecified atom stereocenters. The van der Waals surface area contributed by atoms with Crippen LogP contribution in [0.25, 0.3) is 17.1 Å². The fourth-order valence-electron chi connectivity index (χ4n) is 8.44. The maximum Gasteiger partial charge on any atom is 0.255 e. The van der Waals surface area contributed by atoms with Crippen LogP contribution < -0.4 is 28.1 Å². The highest BCUT2D eigenvalue weighted by molar-refractivity contribution is 6.29. The summed E-state index contributed by atoms with van der Waals surface area (Å²) in [4.78, 5) is 47.8. The number of nitrogens with zero attached hydrogens (tertiary/aromatic N) is 6. The monoisotopic (exact) mass is 842 g/mol. The normalized spacial score (nSPS) is 21.6. The third kappa shape index (κ3) is 13.8. The van der Waals surface area contributed by atoms with Crippen molar-refractivity contribution >= 4 is 11.6 Å². The van der Waals surface area contributed by atoms with Gasteiger partial charge in [-0.25, -0.2) is 4.98 Å². The van der Waals surface area contributed by atoms with Gasteiger partial charge in [0, 0.05) is 60.3 Å². The molecule has 0 radical (unpaired) electrons. The van der Waals surface area contributed by atoms with Gasteiger partial charge in [-0.05, 0) is 142 Å². The summed E-state index contributed by atoms with van der Waals surface area (Å²) in [5.74, 6) is 3.20. The molecule has 0 amide bonds. The maximum atomic E-state index is 11.8. The van der Waals surface area contributed by atoms with E-state index >= 15 is 0 Å². The lowest BCUT2D eigenvalue weighted by Gasteiger charge is -2.10. The van der Waals surface area contributed by atoms with Gasteiger partial charge in [-0.2, -0.15) is 0 Å². The number of rotatable bonds is 7. The van der Waals surface area contributed by atoms with Gasteiger partial charge in [-0.1, -0.05) is 50.1 Å². The quantitative estimate of drug-likeness (QED) is 0.153. The first kappa shape index (κ1) is 45.0. The van der Waals surface area contributed by atoms with Gasteiger partial charge in [0.25, 0.3) is 16.7 Å². The molecule has 3 fully saturated rings. The molecule has 0 saturated heterocycles. The number of hydrogen-bond acceptors (Lipinski definition) is 8. The van der Waals surface area contributed by atoms with Gasteiger partial charge in [0.05, 0.1) is 35.7 Å². The molecule has 9 rings (SSSR count). The Hall–Kier alpha value is -5.49. The van der Waals surface area contributed by atoms with E-state index in [0.29, 0.717) is 28.8 Å². The zero-order chi connectivity index (χ0) is 43.1. The summed E-state index contributed by atoms with van der Waals surface area (Å²) in [6, 6.07) is 27.6. The molecule has 0 spiro atoms. The summed E-state index contributed by atoms with van der Waals surface area (Å²) >= 11 is 5.64. The van der Waals surface area contributed by atoms with Crippen LogP contribution in [0.5, 0.6) is 0 Å². The number of hydrogen-bond donors (Lipinski definition) is 2. The average Bonchev–Trinajstić information content (AvgIpc) is 3.99. The third-order valence-corrected chi connectivity index (χ3v) is 12.0. The zero-order valence-electron chi connectivity index (χ0n) is 35.3. The van der Waals surface area contributed by atoms with Crippen molar-refractivity contribution in [3.8, 4) is 17.1 Å². The molecule has 3 aliphatic rings. The molecule has 6 atom stereocenters. The van der Waals surface area contributed by atoms with Crippen LogP contribution in [-0.2, 0) is 12.8 Å². The second-order valence-corrected chi connectivity index (χ2v) is 17.3. The van der Waals surface area contributed by atoms with Crippen LogP contribution in [0.15, 0.2) is 143 Å². The van der Waals surface area contributed by atoms with Crippen LogP contribution in [0.1, 0.15) is 83.0 Å². The van der Waals surface area contributed by atoms with E-state index in [1.165, 1.54) is 55.6 Å². The molecule has 4 N–H and O–H groups in total. The molecule has 6 aromatic heterocycles. The first-order chi connectivity index (χ1) is 29.5. The van der Waals surface area contributed by atoms with Gasteiger partial charge in [0.15, 0.2) is 0 Å². The second-order valence-electron chi connectivity index (χ2n) is 16.9. The van der Waals surface area contributed by atoms with Crippen molar-refractivity contribution in [1.82, 2.24) is 28.7 Å². The number of aromatic nitrogens is 6. The Morgan fingerprint density at radius 1 is 0.508 bits per heavy atom. The van der Waals surface area contributed by atoms with Gasteiger partial charge in [-0.3, -0.25) is 38.1 Å². The Morgan fingerprint density at radius 2 is 0.918 bits per heavy atom. The molecule has 320 valence electrons. The average molecular weight is 844 g/mol. The summed E-state index contributed by atoms with van der Waals surface area (Å²) in [6.07, 6.45) is 23.7. The topological polar surface area (TPSA) is 157 Å². The fraction of sp³-hybridized carbons (Fsp3) is 0.388. The van der Waals surface area contributed by atoms with Crippen LogP contribution in [0.4, 0.5) is 0 Å². The fourth-order valence-corrected chi connectivity index (χ4v) is 8.56. The van der Waals surface area contributed by atoms with Crippen LogP contribution in [-0.4, -0.2) is 40.7 Å². The van der Waals surface area contributed by atoms with E-state index in [1.807, 2.05) is 30.3 Å². The van der Waals surface area contributed by atoms with E-state index in [9.17, 15) is 14.4 Å². The predicted octanol–water partition coefficient (Wildman–Crippen LogP) is 8.13. The van der Waals surface area contributed by atoms with E-state index in [2.05, 4.69) is 34.9 Å². The molecule has 3 saturated carbocycles. The van der Waals surface area contributed by atoms with E-state index in [1.54, 1.807) is 94.8 Å². The van der Waals surface area contributed by atoms with Crippen molar-refractivity contribution in [2.45, 2.75) is 96.6 Å². The first-order valence-corrected chi connectivity index (χ1v) is 21.9. The van der Waals surface area contributed by atoms with Crippen LogP contribution in [0.3, 0.4) is 0 Å². The van der Waals surface area contributed by atoms with Crippen LogP contribution >= 0.6 is 11.6 Å². The smallest absolute Gasteiger partial charge is 0.255 e. The second kappa shape index (κ2) is 22.4. The van der Waals surface area contributed by atoms with E-state index < -0.39 is 0 Å². The van der Waals surface area contributed by atoms with E-state index in [0.717, 1.165) is 66.2 Å². The molecule has 61 heavy (non-hydrogen) atoms. The molecule has 12 heteroatoms. The SMILES string of the molecule is C[C@H]1CC[C@H](Cc2ccc(-n3ccccc3=O)cn2)C1.C[C@H]1CC[C@H](N)C1.N[C@H]1CC[C@H](Cc2ccc(-n3ccccc3=O)cn2)C1.O=c1ccccn1-c1ccc(Cl)nc1. The van der Waals surface area contributed by atoms with Crippen molar-refractivity contribution in [3.63, 3.8) is 0 Å². The molecular weight excluding hydrogens is 784 g/mol. The summed E-state index contributed by atoms with van der Waals surface area (Å²) in [5.41, 5.74) is 16.0. The number of nitrogens with two attached hydrogens (primary N) is 2. The van der Waals surface area contributed by atoms with Gasteiger partial charge in [0.1, 0.15) is 5.15 Å². The Labute approximate surface area is 363 Å². The highest BCUT2D eigenvalue weighted by Gasteiger charge is 2.23. The third-order valence-electron chi connectivity index (χ3n) is 11.7. The Kier molecular flexibility index (Phi) is 16.5. The lowest BCUT2D eigenvalue weighted by molar-refractivity contribution is 0.508. The van der Waals surface area contributed by atoms with Gasteiger partial charge >= 0.3 is 0 Å². The van der Waals surface area contributed by atoms with Gasteiger partial charge in [-0.15, -0.1) is 0 Å². The molecule has 0 bridgehead atoms. The highest BCUT2D eigenvalue weighted by atomic mass is 35.5. The van der Waals surface area contributed by atoms with Gasteiger partial charge in [0.2, 0.25) is 0 Å². The lowest BCUT2D eigenvalue weighted by atomic mass is 10.00. The summed E-state index contributed by atoms with van der Waals surface area (Å²) in [7, 11) is 0. The molecule has 6 aromatic rings. The summed E-state index contributed by atoms with van der Waals surface area (Å²) in [5, 5.41) is 0.415. The van der Waals surface area contributed by atoms with Gasteiger partial charge < -0.3 is 11.5 Å². The van der Waals surface area contributed by atoms with Crippen molar-refractivity contribution in [2.75, 3.05) is 0 Å². The predicted molar refractivity (Wildman–Crippen MR) is 245 cm³/mol. The Balaban J connectivity index is 0.000000143. The Bertz CT molecular complexity index is 2310. The molecule has 11 nitrogen and oxygen atoms in total. The molecular formula is C49H59ClN8O3. The maximum absolute atomic E-state index is 11.8. The zero-order valence-corrected chi connectivity index (χ0v) is 36.1. The molecule has 6 heterocycles. The van der Waals surface area contributed by atoms with Crippen molar-refractivity contribution in [3.05, 3.63) is 176 Å². The Morgan fingerprint density at radius 3 is 1.25 bits per heavy atom. The van der Waals surface area contributed by atoms with Crippen molar-refractivity contribution in [2.24, 2.45) is 35.1 Å². The molecule has 0 aliphatic heterocycles.